The van der Waals surface area contributed by atoms with Crippen LogP contribution < -0.4 is 5.32 Å². The molecule has 1 N–H and O–H groups in total. The lowest BCUT2D eigenvalue weighted by Crippen LogP contribution is -2.46. The van der Waals surface area contributed by atoms with Gasteiger partial charge >= 0.3 is 0 Å². The van der Waals surface area contributed by atoms with E-state index in [9.17, 15) is 0 Å². The molecule has 1 fully saturated rings. The van der Waals surface area contributed by atoms with Crippen molar-refractivity contribution in [2.75, 3.05) is 31.6 Å². The quantitative estimate of drug-likeness (QED) is 0.852. The van der Waals surface area contributed by atoms with Crippen LogP contribution in [0.15, 0.2) is 22.7 Å². The first-order valence-electron chi connectivity index (χ1n) is 7.95. The van der Waals surface area contributed by atoms with Gasteiger partial charge in [0.25, 0.3) is 0 Å². The van der Waals surface area contributed by atoms with Crippen LogP contribution in [0.4, 0.5) is 5.82 Å². The largest absolute Gasteiger partial charge is 0.424 e. The van der Waals surface area contributed by atoms with E-state index in [0.29, 0.717) is 24.9 Å². The van der Waals surface area contributed by atoms with Crippen LogP contribution in [0, 0.1) is 0 Å². The van der Waals surface area contributed by atoms with E-state index in [1.165, 1.54) is 0 Å². The Kier molecular flexibility index (Phi) is 5.14. The zero-order chi connectivity index (χ0) is 16.1. The maximum Gasteiger partial charge on any atom is 0.233 e. The van der Waals surface area contributed by atoms with Crippen LogP contribution in [0.1, 0.15) is 31.7 Å². The molecule has 2 aromatic heterocycles. The number of anilines is 1. The molecule has 8 heteroatoms. The van der Waals surface area contributed by atoms with Crippen LogP contribution in [0.3, 0.4) is 0 Å². The van der Waals surface area contributed by atoms with Gasteiger partial charge in [-0.15, -0.1) is 15.3 Å². The average molecular weight is 318 g/mol. The van der Waals surface area contributed by atoms with Gasteiger partial charge in [0.05, 0.1) is 18.8 Å². The summed E-state index contributed by atoms with van der Waals surface area (Å²) in [5.41, 5.74) is 0. The van der Waals surface area contributed by atoms with Crippen molar-refractivity contribution in [3.05, 3.63) is 30.1 Å². The first kappa shape index (κ1) is 15.8. The minimum absolute atomic E-state index is 0.0850. The summed E-state index contributed by atoms with van der Waals surface area (Å²) in [5.74, 6) is 2.11. The minimum Gasteiger partial charge on any atom is -0.424 e. The molecule has 3 rings (SSSR count). The molecular weight excluding hydrogens is 296 g/mol. The molecule has 124 valence electrons. The Bertz CT molecular complexity index is 605. The van der Waals surface area contributed by atoms with E-state index in [1.807, 2.05) is 19.1 Å². The Hall–Kier alpha value is -2.06. The molecule has 2 atom stereocenters. The molecule has 0 unspecified atom stereocenters. The highest BCUT2D eigenvalue weighted by Crippen LogP contribution is 2.21. The summed E-state index contributed by atoms with van der Waals surface area (Å²) in [4.78, 5) is 2.31. The van der Waals surface area contributed by atoms with Crippen molar-refractivity contribution in [3.63, 3.8) is 0 Å². The normalized spacial score (nSPS) is 20.3. The van der Waals surface area contributed by atoms with E-state index in [2.05, 4.69) is 37.5 Å². The molecule has 0 spiro atoms. The van der Waals surface area contributed by atoms with Gasteiger partial charge in [0.15, 0.2) is 0 Å². The van der Waals surface area contributed by atoms with Crippen molar-refractivity contribution in [1.29, 1.82) is 0 Å². The maximum atomic E-state index is 5.82. The van der Waals surface area contributed by atoms with Crippen LogP contribution in [-0.2, 0) is 11.2 Å². The molecule has 0 aromatic carbocycles. The number of nitrogens with one attached hydrogen (secondary N) is 1. The lowest BCUT2D eigenvalue weighted by Gasteiger charge is -2.35. The van der Waals surface area contributed by atoms with Crippen molar-refractivity contribution in [2.45, 2.75) is 32.4 Å². The van der Waals surface area contributed by atoms with Gasteiger partial charge in [0.2, 0.25) is 11.8 Å². The molecule has 0 aliphatic carbocycles. The number of nitrogens with zero attached hydrogens (tertiary/aromatic N) is 5. The third-order valence-corrected chi connectivity index (χ3v) is 3.94. The monoisotopic (exact) mass is 318 g/mol. The smallest absolute Gasteiger partial charge is 0.233 e. The fourth-order valence-corrected chi connectivity index (χ4v) is 2.57. The molecule has 23 heavy (non-hydrogen) atoms. The molecular formula is C15H22N6O2. The SMILES string of the molecule is CCc1nnc([C@H](C)N2CCO[C@@H](CNc3cccnn3)C2)o1. The van der Waals surface area contributed by atoms with Gasteiger partial charge in [0, 0.05) is 32.3 Å². The Morgan fingerprint density at radius 2 is 2.30 bits per heavy atom. The summed E-state index contributed by atoms with van der Waals surface area (Å²) in [6.45, 7) is 7.12. The van der Waals surface area contributed by atoms with Crippen LogP contribution in [0.5, 0.6) is 0 Å². The lowest BCUT2D eigenvalue weighted by molar-refractivity contribution is -0.0381. The second-order valence-corrected chi connectivity index (χ2v) is 5.54. The summed E-state index contributed by atoms with van der Waals surface area (Å²) in [6.07, 6.45) is 2.50. The van der Waals surface area contributed by atoms with Crippen LogP contribution in [-0.4, -0.2) is 57.6 Å². The molecule has 3 heterocycles. The number of aryl methyl sites for hydroxylation is 1. The molecule has 0 bridgehead atoms. The van der Waals surface area contributed by atoms with Crippen molar-refractivity contribution in [3.8, 4) is 0 Å². The molecule has 1 saturated heterocycles. The van der Waals surface area contributed by atoms with Crippen LogP contribution in [0.2, 0.25) is 0 Å². The predicted molar refractivity (Wildman–Crippen MR) is 83.9 cm³/mol. The number of rotatable bonds is 6. The number of morpholine rings is 1. The Morgan fingerprint density at radius 3 is 3.04 bits per heavy atom. The highest BCUT2D eigenvalue weighted by Gasteiger charge is 2.27. The second kappa shape index (κ2) is 7.47. The van der Waals surface area contributed by atoms with Crippen LogP contribution >= 0.6 is 0 Å². The Balaban J connectivity index is 1.55. The van der Waals surface area contributed by atoms with E-state index in [0.717, 1.165) is 25.3 Å². The zero-order valence-corrected chi connectivity index (χ0v) is 13.5. The predicted octanol–water partition coefficient (Wildman–Crippen LogP) is 1.30. The highest BCUT2D eigenvalue weighted by atomic mass is 16.5. The van der Waals surface area contributed by atoms with Crippen LogP contribution in [0.25, 0.3) is 0 Å². The van der Waals surface area contributed by atoms with E-state index >= 15 is 0 Å². The summed E-state index contributed by atoms with van der Waals surface area (Å²) < 4.78 is 11.5. The number of ether oxygens (including phenoxy) is 1. The Morgan fingerprint density at radius 1 is 1.39 bits per heavy atom. The summed E-state index contributed by atoms with van der Waals surface area (Å²) in [6, 6.07) is 3.83. The first-order valence-corrected chi connectivity index (χ1v) is 7.95. The van der Waals surface area contributed by atoms with Gasteiger partial charge in [0.1, 0.15) is 5.82 Å². The van der Waals surface area contributed by atoms with E-state index in [4.69, 9.17) is 9.15 Å². The highest BCUT2D eigenvalue weighted by molar-refractivity contribution is 5.31. The van der Waals surface area contributed by atoms with Crippen molar-refractivity contribution in [2.24, 2.45) is 0 Å². The van der Waals surface area contributed by atoms with E-state index in [-0.39, 0.29) is 12.1 Å². The van der Waals surface area contributed by atoms with Crippen molar-refractivity contribution in [1.82, 2.24) is 25.3 Å². The molecule has 0 radical (unpaired) electrons. The molecule has 1 aliphatic rings. The summed E-state index contributed by atoms with van der Waals surface area (Å²) >= 11 is 0. The maximum absolute atomic E-state index is 5.82. The van der Waals surface area contributed by atoms with Gasteiger partial charge < -0.3 is 14.5 Å². The lowest BCUT2D eigenvalue weighted by atomic mass is 10.2. The van der Waals surface area contributed by atoms with Gasteiger partial charge in [-0.3, -0.25) is 4.90 Å². The Labute approximate surface area is 135 Å². The minimum atomic E-state index is 0.0850. The summed E-state index contributed by atoms with van der Waals surface area (Å²) in [7, 11) is 0. The van der Waals surface area contributed by atoms with Gasteiger partial charge in [-0.05, 0) is 19.1 Å². The van der Waals surface area contributed by atoms with Gasteiger partial charge in [-0.25, -0.2) is 0 Å². The van der Waals surface area contributed by atoms with Crippen molar-refractivity contribution >= 4 is 5.82 Å². The average Bonchev–Trinajstić information content (AvgIpc) is 3.10. The van der Waals surface area contributed by atoms with E-state index in [1.54, 1.807) is 6.20 Å². The number of hydrogen-bond donors (Lipinski definition) is 1. The second-order valence-electron chi connectivity index (χ2n) is 5.54. The standard InChI is InChI=1S/C15H22N6O2/c1-3-14-19-20-15(23-14)11(2)21-7-8-22-12(10-21)9-16-13-5-4-6-17-18-13/h4-6,11-12H,3,7-10H2,1-2H3,(H,16,18)/t11-,12-/m0/s1. The molecule has 0 saturated carbocycles. The third-order valence-electron chi connectivity index (χ3n) is 3.94. The molecule has 8 nitrogen and oxygen atoms in total. The fraction of sp³-hybridized carbons (Fsp3) is 0.600. The molecule has 1 aliphatic heterocycles. The first-order chi connectivity index (χ1) is 11.3. The molecule has 0 amide bonds. The number of aromatic nitrogens is 4. The van der Waals surface area contributed by atoms with Gasteiger partial charge in [-0.1, -0.05) is 6.92 Å². The topological polar surface area (TPSA) is 89.2 Å². The summed E-state index contributed by atoms with van der Waals surface area (Å²) in [5, 5.41) is 19.3. The molecule has 2 aromatic rings. The van der Waals surface area contributed by atoms with Gasteiger partial charge in [-0.2, -0.15) is 5.10 Å². The third kappa shape index (κ3) is 4.02. The van der Waals surface area contributed by atoms with Crippen molar-refractivity contribution < 1.29 is 9.15 Å². The number of hydrogen-bond acceptors (Lipinski definition) is 8. The fourth-order valence-electron chi connectivity index (χ4n) is 2.57. The zero-order valence-electron chi connectivity index (χ0n) is 13.5. The van der Waals surface area contributed by atoms with E-state index < -0.39 is 0 Å².